The number of likely N-dealkylation sites (tertiary alicyclic amines) is 1. The monoisotopic (exact) mass is 331 g/mol. The van der Waals surface area contributed by atoms with Gasteiger partial charge < -0.3 is 4.74 Å². The molecule has 0 saturated carbocycles. The van der Waals surface area contributed by atoms with Crippen molar-refractivity contribution in [1.82, 2.24) is 4.90 Å². The minimum Gasteiger partial charge on any atom is -0.378 e. The van der Waals surface area contributed by atoms with E-state index in [4.69, 9.17) is 4.74 Å². The molecular weight excluding hydrogens is 314 g/mol. The lowest BCUT2D eigenvalue weighted by molar-refractivity contribution is 0.0148. The molecule has 0 radical (unpaired) electrons. The van der Waals surface area contributed by atoms with E-state index < -0.39 is 0 Å². The third-order valence-electron chi connectivity index (χ3n) is 3.15. The van der Waals surface area contributed by atoms with Gasteiger partial charge in [0.25, 0.3) is 0 Å². The molecule has 0 unspecified atom stereocenters. The van der Waals surface area contributed by atoms with E-state index in [1.807, 2.05) is 19.1 Å². The summed E-state index contributed by atoms with van der Waals surface area (Å²) in [6.07, 6.45) is 2.46. The Kier molecular flexibility index (Phi) is 5.36. The summed E-state index contributed by atoms with van der Waals surface area (Å²) >= 11 is 4.90. The van der Waals surface area contributed by atoms with Crippen molar-refractivity contribution in [1.29, 1.82) is 0 Å². The number of hydrogen-bond acceptors (Lipinski definition) is 4. The van der Waals surface area contributed by atoms with E-state index in [2.05, 4.69) is 20.8 Å². The predicted octanol–water partition coefficient (Wildman–Crippen LogP) is 3.19. The Hall–Kier alpha value is -0.230. The first-order valence-electron chi connectivity index (χ1n) is 6.31. The van der Waals surface area contributed by atoms with Gasteiger partial charge in [0, 0.05) is 19.7 Å². The number of piperidine rings is 1. The van der Waals surface area contributed by atoms with Crippen LogP contribution in [-0.4, -0.2) is 43.0 Å². The normalized spacial score (nSPS) is 18.1. The molecule has 1 aromatic rings. The van der Waals surface area contributed by atoms with Crippen LogP contribution in [0.15, 0.2) is 15.9 Å². The van der Waals surface area contributed by atoms with Crippen LogP contribution in [-0.2, 0) is 4.74 Å². The van der Waals surface area contributed by atoms with Gasteiger partial charge in [0.2, 0.25) is 0 Å². The number of nitrogens with zero attached hydrogens (tertiary/aromatic N) is 1. The molecule has 0 bridgehead atoms. The average molecular weight is 332 g/mol. The second kappa shape index (κ2) is 6.80. The first kappa shape index (κ1) is 14.2. The van der Waals surface area contributed by atoms with Crippen LogP contribution >= 0.6 is 27.3 Å². The maximum absolute atomic E-state index is 12.1. The molecular formula is C13H18BrNO2S. The highest BCUT2D eigenvalue weighted by Crippen LogP contribution is 2.23. The average Bonchev–Trinajstić information content (AvgIpc) is 2.79. The van der Waals surface area contributed by atoms with Gasteiger partial charge >= 0.3 is 0 Å². The van der Waals surface area contributed by atoms with Crippen LogP contribution in [0.1, 0.15) is 29.4 Å². The van der Waals surface area contributed by atoms with Crippen molar-refractivity contribution in [2.24, 2.45) is 0 Å². The summed E-state index contributed by atoms with van der Waals surface area (Å²) < 4.78 is 6.62. The predicted molar refractivity (Wildman–Crippen MR) is 77.4 cm³/mol. The van der Waals surface area contributed by atoms with Gasteiger partial charge in [-0.15, -0.1) is 11.3 Å². The maximum Gasteiger partial charge on any atom is 0.186 e. The summed E-state index contributed by atoms with van der Waals surface area (Å²) in [7, 11) is 0. The number of rotatable bonds is 5. The molecule has 1 saturated heterocycles. The molecule has 0 spiro atoms. The zero-order valence-corrected chi connectivity index (χ0v) is 12.9. The number of ketones is 1. The first-order valence-corrected chi connectivity index (χ1v) is 7.92. The molecule has 0 aliphatic carbocycles. The van der Waals surface area contributed by atoms with Gasteiger partial charge in [-0.3, -0.25) is 9.69 Å². The largest absolute Gasteiger partial charge is 0.378 e. The summed E-state index contributed by atoms with van der Waals surface area (Å²) in [5.74, 6) is 0.223. The molecule has 0 N–H and O–H groups in total. The van der Waals surface area contributed by atoms with Crippen molar-refractivity contribution in [3.8, 4) is 0 Å². The third-order valence-corrected chi connectivity index (χ3v) is 4.82. The highest BCUT2D eigenvalue weighted by atomic mass is 79.9. The fourth-order valence-electron chi connectivity index (χ4n) is 2.21. The smallest absolute Gasteiger partial charge is 0.186 e. The Balaban J connectivity index is 1.79. The Morgan fingerprint density at radius 3 is 2.78 bits per heavy atom. The zero-order valence-electron chi connectivity index (χ0n) is 10.5. The second-order valence-electron chi connectivity index (χ2n) is 4.46. The minimum atomic E-state index is 0.223. The maximum atomic E-state index is 12.1. The van der Waals surface area contributed by atoms with Gasteiger partial charge in [-0.25, -0.2) is 0 Å². The third kappa shape index (κ3) is 3.88. The van der Waals surface area contributed by atoms with Gasteiger partial charge in [-0.1, -0.05) is 0 Å². The summed E-state index contributed by atoms with van der Waals surface area (Å²) in [4.78, 5) is 15.1. The Morgan fingerprint density at radius 2 is 2.22 bits per heavy atom. The topological polar surface area (TPSA) is 29.5 Å². The van der Waals surface area contributed by atoms with E-state index in [9.17, 15) is 4.79 Å². The second-order valence-corrected chi connectivity index (χ2v) is 6.92. The lowest BCUT2D eigenvalue weighted by atomic mass is 10.1. The fourth-order valence-corrected chi connectivity index (χ4v) is 3.53. The highest BCUT2D eigenvalue weighted by Gasteiger charge is 2.21. The van der Waals surface area contributed by atoms with Crippen LogP contribution in [0, 0.1) is 0 Å². The number of Topliss-reactive ketones (excluding diaryl/α,β-unsaturated/α-hetero) is 1. The number of thiophene rings is 1. The van der Waals surface area contributed by atoms with Crippen LogP contribution in [0.3, 0.4) is 0 Å². The van der Waals surface area contributed by atoms with Crippen molar-refractivity contribution in [2.75, 3.05) is 26.2 Å². The van der Waals surface area contributed by atoms with E-state index in [0.29, 0.717) is 12.6 Å². The molecule has 1 aliphatic rings. The van der Waals surface area contributed by atoms with Crippen LogP contribution in [0.25, 0.3) is 0 Å². The zero-order chi connectivity index (χ0) is 13.0. The van der Waals surface area contributed by atoms with E-state index in [-0.39, 0.29) is 5.78 Å². The highest BCUT2D eigenvalue weighted by molar-refractivity contribution is 9.11. The quantitative estimate of drug-likeness (QED) is 0.776. The van der Waals surface area contributed by atoms with Crippen LogP contribution in [0.2, 0.25) is 0 Å². The van der Waals surface area contributed by atoms with Crippen LogP contribution < -0.4 is 0 Å². The van der Waals surface area contributed by atoms with Crippen LogP contribution in [0.5, 0.6) is 0 Å². The van der Waals surface area contributed by atoms with Crippen LogP contribution in [0.4, 0.5) is 0 Å². The number of ether oxygens (including phenoxy) is 1. The molecule has 100 valence electrons. The standard InChI is InChI=1S/C13H18BrNO2S/c1-2-17-10-5-7-15(8-6-10)9-11(16)12-3-4-13(14)18-12/h3-4,10H,2,5-9H2,1H3. The Bertz CT molecular complexity index is 399. The lowest BCUT2D eigenvalue weighted by Gasteiger charge is -2.31. The van der Waals surface area contributed by atoms with E-state index >= 15 is 0 Å². The first-order chi connectivity index (χ1) is 8.69. The van der Waals surface area contributed by atoms with Gasteiger partial charge in [0.15, 0.2) is 5.78 Å². The number of carbonyl (C=O) groups excluding carboxylic acids is 1. The molecule has 2 rings (SSSR count). The Morgan fingerprint density at radius 1 is 1.50 bits per heavy atom. The Labute approximate surface area is 120 Å². The summed E-state index contributed by atoms with van der Waals surface area (Å²) in [5, 5.41) is 0. The van der Waals surface area contributed by atoms with Gasteiger partial charge in [0.1, 0.15) is 0 Å². The lowest BCUT2D eigenvalue weighted by Crippen LogP contribution is -2.39. The molecule has 0 amide bonds. The van der Waals surface area contributed by atoms with Crippen molar-refractivity contribution >= 4 is 33.0 Å². The molecule has 1 fully saturated rings. The van der Waals surface area contributed by atoms with E-state index in [0.717, 1.165) is 41.2 Å². The molecule has 3 nitrogen and oxygen atoms in total. The van der Waals surface area contributed by atoms with Gasteiger partial charge in [0.05, 0.1) is 21.3 Å². The number of halogens is 1. The van der Waals surface area contributed by atoms with E-state index in [1.165, 1.54) is 11.3 Å². The number of carbonyl (C=O) groups is 1. The summed E-state index contributed by atoms with van der Waals surface area (Å²) in [6.45, 7) is 5.27. The van der Waals surface area contributed by atoms with E-state index in [1.54, 1.807) is 0 Å². The van der Waals surface area contributed by atoms with Crippen molar-refractivity contribution in [3.05, 3.63) is 20.8 Å². The molecule has 5 heteroatoms. The van der Waals surface area contributed by atoms with Gasteiger partial charge in [-0.2, -0.15) is 0 Å². The molecule has 1 aromatic heterocycles. The number of hydrogen-bond donors (Lipinski definition) is 0. The van der Waals surface area contributed by atoms with Crippen molar-refractivity contribution in [2.45, 2.75) is 25.9 Å². The van der Waals surface area contributed by atoms with Crippen molar-refractivity contribution < 1.29 is 9.53 Å². The summed E-state index contributed by atoms with van der Waals surface area (Å²) in [6, 6.07) is 3.82. The van der Waals surface area contributed by atoms with Gasteiger partial charge in [-0.05, 0) is 47.8 Å². The molecule has 1 aliphatic heterocycles. The molecule has 2 heterocycles. The minimum absolute atomic E-state index is 0.223. The summed E-state index contributed by atoms with van der Waals surface area (Å²) in [5.41, 5.74) is 0. The molecule has 0 atom stereocenters. The molecule has 18 heavy (non-hydrogen) atoms. The van der Waals surface area contributed by atoms with Crippen molar-refractivity contribution in [3.63, 3.8) is 0 Å². The fraction of sp³-hybridized carbons (Fsp3) is 0.615. The molecule has 0 aromatic carbocycles. The SMILES string of the molecule is CCOC1CCN(CC(=O)c2ccc(Br)s2)CC1.